The van der Waals surface area contributed by atoms with Gasteiger partial charge in [0.25, 0.3) is 0 Å². The third-order valence-corrected chi connectivity index (χ3v) is 3.14. The zero-order valence-electron chi connectivity index (χ0n) is 12.3. The highest BCUT2D eigenvalue weighted by molar-refractivity contribution is 6.50. The molecule has 4 heteroatoms. The molecule has 0 unspecified atom stereocenters. The maximum absolute atomic E-state index is 7.97. The van der Waals surface area contributed by atoms with Crippen molar-refractivity contribution in [2.75, 3.05) is 6.61 Å². The van der Waals surface area contributed by atoms with Crippen LogP contribution in [0.5, 0.6) is 0 Å². The highest BCUT2D eigenvalue weighted by Gasteiger charge is 2.15. The fraction of sp³-hybridized carbons (Fsp3) is 0.294. The third-order valence-electron chi connectivity index (χ3n) is 3.14. The maximum atomic E-state index is 7.97. The minimum absolute atomic E-state index is 0.303. The van der Waals surface area contributed by atoms with Gasteiger partial charge in [0, 0.05) is 6.08 Å². The summed E-state index contributed by atoms with van der Waals surface area (Å²) in [6, 6.07) is 9.57. The molecule has 0 saturated heterocycles. The van der Waals surface area contributed by atoms with Gasteiger partial charge in [-0.1, -0.05) is 38.0 Å². The Morgan fingerprint density at radius 1 is 1.14 bits per heavy atom. The van der Waals surface area contributed by atoms with Crippen molar-refractivity contribution in [1.82, 2.24) is 0 Å². The van der Waals surface area contributed by atoms with Crippen molar-refractivity contribution in [1.29, 1.82) is 5.41 Å². The second-order valence-electron chi connectivity index (χ2n) is 4.91. The minimum atomic E-state index is 0.303. The molecule has 1 aliphatic rings. The van der Waals surface area contributed by atoms with Crippen LogP contribution < -0.4 is 5.73 Å². The molecular weight excluding hydrogens is 262 g/mol. The molecule has 0 bridgehead atoms. The van der Waals surface area contributed by atoms with Crippen LogP contribution in [-0.4, -0.2) is 18.0 Å². The van der Waals surface area contributed by atoms with Crippen LogP contribution in [0.1, 0.15) is 26.2 Å². The van der Waals surface area contributed by atoms with Crippen molar-refractivity contribution in [3.63, 3.8) is 0 Å². The number of benzene rings is 1. The highest BCUT2D eigenvalue weighted by Crippen LogP contribution is 2.17. The number of nitrogens with zero attached hydrogens (tertiary/aromatic N) is 1. The lowest BCUT2D eigenvalue weighted by atomic mass is 10.1. The van der Waals surface area contributed by atoms with E-state index in [1.807, 2.05) is 30.3 Å². The Balaban J connectivity index is 2.13. The van der Waals surface area contributed by atoms with Gasteiger partial charge in [0.2, 0.25) is 0 Å². The van der Waals surface area contributed by atoms with Gasteiger partial charge >= 0.3 is 0 Å². The normalized spacial score (nSPS) is 16.6. The van der Waals surface area contributed by atoms with Gasteiger partial charge in [-0.3, -0.25) is 5.41 Å². The summed E-state index contributed by atoms with van der Waals surface area (Å²) in [7, 11) is 0. The number of ether oxygens (including phenoxy) is 1. The molecule has 0 saturated carbocycles. The molecule has 0 spiro atoms. The van der Waals surface area contributed by atoms with E-state index >= 15 is 0 Å². The summed E-state index contributed by atoms with van der Waals surface area (Å²) < 4.78 is 5.70. The van der Waals surface area contributed by atoms with Crippen molar-refractivity contribution in [2.45, 2.75) is 26.2 Å². The van der Waals surface area contributed by atoms with Gasteiger partial charge in [0.15, 0.2) is 0 Å². The van der Waals surface area contributed by atoms with Crippen LogP contribution >= 0.6 is 0 Å². The van der Waals surface area contributed by atoms with E-state index in [1.165, 1.54) is 0 Å². The fourth-order valence-electron chi connectivity index (χ4n) is 1.98. The topological polar surface area (TPSA) is 71.5 Å². The molecule has 1 aliphatic carbocycles. The monoisotopic (exact) mass is 283 g/mol. The van der Waals surface area contributed by atoms with Crippen molar-refractivity contribution in [2.24, 2.45) is 10.7 Å². The van der Waals surface area contributed by atoms with E-state index in [0.717, 1.165) is 24.9 Å². The van der Waals surface area contributed by atoms with E-state index in [4.69, 9.17) is 15.9 Å². The molecule has 110 valence electrons. The molecule has 0 heterocycles. The van der Waals surface area contributed by atoms with Crippen molar-refractivity contribution in [3.05, 3.63) is 53.9 Å². The molecule has 0 amide bonds. The first-order chi connectivity index (χ1) is 10.2. The Hall–Kier alpha value is -2.36. The summed E-state index contributed by atoms with van der Waals surface area (Å²) >= 11 is 0. The molecule has 0 aromatic heterocycles. The first kappa shape index (κ1) is 15.0. The summed E-state index contributed by atoms with van der Waals surface area (Å²) in [5, 5.41) is 7.97. The molecule has 0 radical (unpaired) electrons. The van der Waals surface area contributed by atoms with Crippen LogP contribution in [-0.2, 0) is 4.74 Å². The van der Waals surface area contributed by atoms with Crippen molar-refractivity contribution >= 4 is 17.1 Å². The number of hydrogen-bond donors (Lipinski definition) is 2. The average molecular weight is 283 g/mol. The Kier molecular flexibility index (Phi) is 5.32. The fourth-order valence-corrected chi connectivity index (χ4v) is 1.98. The summed E-state index contributed by atoms with van der Waals surface area (Å²) in [4.78, 5) is 4.46. The summed E-state index contributed by atoms with van der Waals surface area (Å²) in [6.45, 7) is 2.79. The number of unbranched alkanes of at least 4 members (excludes halogenated alkanes) is 2. The summed E-state index contributed by atoms with van der Waals surface area (Å²) in [5.74, 6) is 0.608. The standard InChI is InChI=1S/C17H21N3O/c1-2-3-7-10-21-17-12-16(14(18)11-15(17)19)20-13-8-5-4-6-9-13/h4-6,8-9,11-12,18H,2-3,7,10,19H2,1H3. The van der Waals surface area contributed by atoms with Crippen LogP contribution in [0.15, 0.2) is 58.9 Å². The molecular formula is C17H21N3O. The summed E-state index contributed by atoms with van der Waals surface area (Å²) in [6.07, 6.45) is 6.63. The Bertz CT molecular complexity index is 585. The average Bonchev–Trinajstić information content (AvgIpc) is 2.49. The predicted octanol–water partition coefficient (Wildman–Crippen LogP) is 3.73. The first-order valence-corrected chi connectivity index (χ1v) is 7.25. The van der Waals surface area contributed by atoms with E-state index in [1.54, 1.807) is 12.2 Å². The zero-order valence-corrected chi connectivity index (χ0v) is 12.3. The smallest absolute Gasteiger partial charge is 0.144 e. The second-order valence-corrected chi connectivity index (χ2v) is 4.91. The first-order valence-electron chi connectivity index (χ1n) is 7.25. The lowest BCUT2D eigenvalue weighted by molar-refractivity contribution is 0.213. The van der Waals surface area contributed by atoms with Crippen LogP contribution in [0.4, 0.5) is 5.69 Å². The predicted molar refractivity (Wildman–Crippen MR) is 87.1 cm³/mol. The molecule has 1 aromatic rings. The van der Waals surface area contributed by atoms with Crippen LogP contribution in [0, 0.1) is 5.41 Å². The van der Waals surface area contributed by atoms with E-state index in [0.29, 0.717) is 29.5 Å². The number of allylic oxidation sites excluding steroid dienone is 2. The maximum Gasteiger partial charge on any atom is 0.144 e. The van der Waals surface area contributed by atoms with Gasteiger partial charge in [-0.2, -0.15) is 0 Å². The SMILES string of the molecule is CCCCCOC1=CC(=Nc2ccccc2)C(=N)C=C1N. The lowest BCUT2D eigenvalue weighted by Crippen LogP contribution is -2.20. The number of nitrogens with two attached hydrogens (primary N) is 1. The van der Waals surface area contributed by atoms with Gasteiger partial charge in [-0.05, 0) is 24.6 Å². The van der Waals surface area contributed by atoms with E-state index < -0.39 is 0 Å². The van der Waals surface area contributed by atoms with Gasteiger partial charge in [-0.15, -0.1) is 0 Å². The molecule has 0 aliphatic heterocycles. The number of hydrogen-bond acceptors (Lipinski definition) is 4. The lowest BCUT2D eigenvalue weighted by Gasteiger charge is -2.15. The van der Waals surface area contributed by atoms with Gasteiger partial charge in [-0.25, -0.2) is 4.99 Å². The van der Waals surface area contributed by atoms with E-state index in [9.17, 15) is 0 Å². The largest absolute Gasteiger partial charge is 0.491 e. The Morgan fingerprint density at radius 2 is 1.90 bits per heavy atom. The van der Waals surface area contributed by atoms with Crippen molar-refractivity contribution < 1.29 is 4.74 Å². The quantitative estimate of drug-likeness (QED) is 0.617. The minimum Gasteiger partial charge on any atom is -0.491 e. The van der Waals surface area contributed by atoms with Crippen LogP contribution in [0.25, 0.3) is 0 Å². The van der Waals surface area contributed by atoms with Crippen LogP contribution in [0.3, 0.4) is 0 Å². The molecule has 4 nitrogen and oxygen atoms in total. The van der Waals surface area contributed by atoms with Gasteiger partial charge < -0.3 is 10.5 Å². The molecule has 3 N–H and O–H groups in total. The van der Waals surface area contributed by atoms with Crippen LogP contribution in [0.2, 0.25) is 0 Å². The molecule has 0 fully saturated rings. The summed E-state index contributed by atoms with van der Waals surface area (Å²) in [5.41, 5.74) is 8.09. The van der Waals surface area contributed by atoms with E-state index in [2.05, 4.69) is 11.9 Å². The zero-order chi connectivity index (χ0) is 15.1. The highest BCUT2D eigenvalue weighted by atomic mass is 16.5. The number of rotatable bonds is 6. The number of nitrogens with one attached hydrogen (secondary N) is 1. The second kappa shape index (κ2) is 7.43. The molecule has 1 aromatic carbocycles. The number of para-hydroxylation sites is 1. The molecule has 2 rings (SSSR count). The third kappa shape index (κ3) is 4.31. The van der Waals surface area contributed by atoms with Crippen molar-refractivity contribution in [3.8, 4) is 0 Å². The molecule has 0 atom stereocenters. The van der Waals surface area contributed by atoms with E-state index in [-0.39, 0.29) is 0 Å². The van der Waals surface area contributed by atoms with Gasteiger partial charge in [0.05, 0.1) is 29.4 Å². The van der Waals surface area contributed by atoms with Gasteiger partial charge in [0.1, 0.15) is 5.76 Å². The Labute approximate surface area is 125 Å². The molecule has 21 heavy (non-hydrogen) atoms. The Morgan fingerprint density at radius 3 is 2.62 bits per heavy atom. The number of aliphatic imine (C=N–C) groups is 1.